The summed E-state index contributed by atoms with van der Waals surface area (Å²) in [5.74, 6) is -0.229. The van der Waals surface area contributed by atoms with Gasteiger partial charge in [-0.1, -0.05) is 96.8 Å². The van der Waals surface area contributed by atoms with Gasteiger partial charge in [-0.05, 0) is 12.8 Å². The van der Waals surface area contributed by atoms with Crippen LogP contribution in [0.5, 0.6) is 0 Å². The monoisotopic (exact) mass is 419 g/mol. The summed E-state index contributed by atoms with van der Waals surface area (Å²) in [6.45, 7) is 4.11. The van der Waals surface area contributed by atoms with E-state index in [-0.39, 0.29) is 5.75 Å². The van der Waals surface area contributed by atoms with Crippen LogP contribution in [-0.2, 0) is 10.1 Å². The average Bonchev–Trinajstić information content (AvgIpc) is 2.60. The molecule has 28 heavy (non-hydrogen) atoms. The molecule has 0 aromatic heterocycles. The Kier molecular flexibility index (Phi) is 17.6. The third kappa shape index (κ3) is 22.2. The second kappa shape index (κ2) is 17.7. The molecule has 0 saturated carbocycles. The summed E-state index contributed by atoms with van der Waals surface area (Å²) in [7, 11) is 0.197. The van der Waals surface area contributed by atoms with Gasteiger partial charge < -0.3 is 9.04 Å². The van der Waals surface area contributed by atoms with Crippen molar-refractivity contribution in [3.63, 3.8) is 0 Å². The zero-order chi connectivity index (χ0) is 21.1. The van der Waals surface area contributed by atoms with Gasteiger partial charge in [-0.25, -0.2) is 8.42 Å². The Morgan fingerprint density at radius 2 is 0.893 bits per heavy atom. The predicted molar refractivity (Wildman–Crippen MR) is 121 cm³/mol. The third-order valence-electron chi connectivity index (χ3n) is 5.77. The zero-order valence-electron chi connectivity index (χ0n) is 19.2. The smallest absolute Gasteiger partial charge is 0.0948 e. The molecule has 170 valence electrons. The molecule has 5 heteroatoms. The average molecular weight is 420 g/mol. The van der Waals surface area contributed by atoms with Crippen molar-refractivity contribution in [1.82, 2.24) is 0 Å². The molecule has 0 atom stereocenters. The Morgan fingerprint density at radius 3 is 1.25 bits per heavy atom. The molecule has 0 bridgehead atoms. The fourth-order valence-electron chi connectivity index (χ4n) is 3.87. The quantitative estimate of drug-likeness (QED) is 0.125. The van der Waals surface area contributed by atoms with E-state index in [2.05, 4.69) is 21.0 Å². The number of hydrogen-bond donors (Lipinski definition) is 0. The fraction of sp³-hybridized carbons (Fsp3) is 1.00. The second-order valence-corrected chi connectivity index (χ2v) is 10.8. The van der Waals surface area contributed by atoms with Crippen molar-refractivity contribution in [3.05, 3.63) is 0 Å². The Labute approximate surface area is 176 Å². The number of rotatable bonds is 21. The van der Waals surface area contributed by atoms with Gasteiger partial charge in [0.25, 0.3) is 0 Å². The maximum Gasteiger partial charge on any atom is 0.0948 e. The first-order valence-corrected chi connectivity index (χ1v) is 13.6. The van der Waals surface area contributed by atoms with Gasteiger partial charge in [-0.3, -0.25) is 0 Å². The van der Waals surface area contributed by atoms with Crippen molar-refractivity contribution < 1.29 is 17.5 Å². The molecule has 0 rings (SSSR count). The van der Waals surface area contributed by atoms with E-state index in [0.717, 1.165) is 17.6 Å². The van der Waals surface area contributed by atoms with Crippen LogP contribution in [0.1, 0.15) is 116 Å². The van der Waals surface area contributed by atoms with Gasteiger partial charge in [0.05, 0.1) is 37.3 Å². The van der Waals surface area contributed by atoms with E-state index >= 15 is 0 Å². The minimum absolute atomic E-state index is 0.229. The molecule has 0 fully saturated rings. The van der Waals surface area contributed by atoms with Crippen LogP contribution < -0.4 is 0 Å². The van der Waals surface area contributed by atoms with Gasteiger partial charge >= 0.3 is 0 Å². The maximum absolute atomic E-state index is 10.7. The van der Waals surface area contributed by atoms with E-state index in [1.807, 2.05) is 0 Å². The first-order valence-electron chi connectivity index (χ1n) is 12.0. The highest BCUT2D eigenvalue weighted by Gasteiger charge is 2.14. The molecule has 0 spiro atoms. The largest absolute Gasteiger partial charge is 0.748 e. The minimum Gasteiger partial charge on any atom is -0.748 e. The molecule has 0 aliphatic heterocycles. The first kappa shape index (κ1) is 27.9. The summed E-state index contributed by atoms with van der Waals surface area (Å²) >= 11 is 0. The van der Waals surface area contributed by atoms with Crippen LogP contribution in [-0.4, -0.2) is 50.4 Å². The summed E-state index contributed by atoms with van der Waals surface area (Å²) in [5.41, 5.74) is 0. The molecule has 0 N–H and O–H groups in total. The van der Waals surface area contributed by atoms with Gasteiger partial charge in [0.2, 0.25) is 0 Å². The summed E-state index contributed by atoms with van der Waals surface area (Å²) in [6.07, 6.45) is 22.5. The highest BCUT2D eigenvalue weighted by Crippen LogP contribution is 2.14. The zero-order valence-corrected chi connectivity index (χ0v) is 20.0. The Bertz CT molecular complexity index is 435. The topological polar surface area (TPSA) is 57.2 Å². The summed E-state index contributed by atoms with van der Waals surface area (Å²) in [6, 6.07) is 0. The lowest BCUT2D eigenvalue weighted by Gasteiger charge is -2.30. The molecule has 0 saturated heterocycles. The van der Waals surface area contributed by atoms with E-state index < -0.39 is 10.1 Å². The van der Waals surface area contributed by atoms with Gasteiger partial charge in [0.15, 0.2) is 0 Å². The highest BCUT2D eigenvalue weighted by molar-refractivity contribution is 7.85. The molecule has 0 aromatic carbocycles. The van der Waals surface area contributed by atoms with Crippen molar-refractivity contribution in [3.8, 4) is 0 Å². The van der Waals surface area contributed by atoms with Crippen LogP contribution >= 0.6 is 0 Å². The molecule has 0 amide bonds. The SMILES string of the molecule is CCCCCCCCCCCCCCCCCC[N+](C)(C)CCCS(=O)(=O)[O-]. The molecule has 0 radical (unpaired) electrons. The highest BCUT2D eigenvalue weighted by atomic mass is 32.2. The second-order valence-electron chi connectivity index (χ2n) is 9.30. The number of unbranched alkanes of at least 4 members (excludes halogenated alkanes) is 15. The standard InChI is InChI=1S/C23H49NO3S/c1-4-5-6-7-8-9-10-11-12-13-14-15-16-17-18-19-21-24(2,3)22-20-23-28(25,26)27/h4-23H2,1-3H3. The van der Waals surface area contributed by atoms with Crippen molar-refractivity contribution >= 4 is 10.1 Å². The van der Waals surface area contributed by atoms with Crippen LogP contribution in [0.2, 0.25) is 0 Å². The van der Waals surface area contributed by atoms with Gasteiger partial charge in [0.1, 0.15) is 0 Å². The van der Waals surface area contributed by atoms with Crippen molar-refractivity contribution in [2.75, 3.05) is 32.9 Å². The molecule has 0 aliphatic carbocycles. The first-order chi connectivity index (χ1) is 13.3. The van der Waals surface area contributed by atoms with Crippen LogP contribution in [0.3, 0.4) is 0 Å². The van der Waals surface area contributed by atoms with E-state index in [0.29, 0.717) is 6.42 Å². The van der Waals surface area contributed by atoms with Crippen molar-refractivity contribution in [2.45, 2.75) is 116 Å². The Morgan fingerprint density at radius 1 is 0.571 bits per heavy atom. The van der Waals surface area contributed by atoms with Crippen LogP contribution in [0.4, 0.5) is 0 Å². The lowest BCUT2D eigenvalue weighted by Crippen LogP contribution is -2.41. The molecule has 0 aliphatic rings. The molecular formula is C23H49NO3S. The Balaban J connectivity index is 3.30. The van der Waals surface area contributed by atoms with Gasteiger partial charge in [-0.15, -0.1) is 0 Å². The van der Waals surface area contributed by atoms with E-state index in [4.69, 9.17) is 0 Å². The molecule has 4 nitrogen and oxygen atoms in total. The Hall–Kier alpha value is -0.130. The van der Waals surface area contributed by atoms with E-state index in [9.17, 15) is 13.0 Å². The van der Waals surface area contributed by atoms with Gasteiger partial charge in [0, 0.05) is 12.2 Å². The normalized spacial score (nSPS) is 12.6. The molecule has 0 unspecified atom stereocenters. The third-order valence-corrected chi connectivity index (χ3v) is 6.56. The maximum atomic E-state index is 10.7. The van der Waals surface area contributed by atoms with Crippen LogP contribution in [0.15, 0.2) is 0 Å². The van der Waals surface area contributed by atoms with Crippen LogP contribution in [0, 0.1) is 0 Å². The molecular weight excluding hydrogens is 370 g/mol. The molecule has 0 aromatic rings. The van der Waals surface area contributed by atoms with E-state index in [1.165, 1.54) is 103 Å². The lowest BCUT2D eigenvalue weighted by atomic mass is 10.0. The summed E-state index contributed by atoms with van der Waals surface area (Å²) in [5, 5.41) is 0. The van der Waals surface area contributed by atoms with Gasteiger partial charge in [-0.2, -0.15) is 0 Å². The lowest BCUT2D eigenvalue weighted by molar-refractivity contribution is -0.890. The summed E-state index contributed by atoms with van der Waals surface area (Å²) < 4.78 is 32.8. The summed E-state index contributed by atoms with van der Waals surface area (Å²) in [4.78, 5) is 0. The molecule has 0 heterocycles. The van der Waals surface area contributed by atoms with E-state index in [1.54, 1.807) is 0 Å². The van der Waals surface area contributed by atoms with Crippen molar-refractivity contribution in [2.24, 2.45) is 0 Å². The van der Waals surface area contributed by atoms with Crippen molar-refractivity contribution in [1.29, 1.82) is 0 Å². The predicted octanol–water partition coefficient (Wildman–Crippen LogP) is 6.26. The van der Waals surface area contributed by atoms with Crippen LogP contribution in [0.25, 0.3) is 0 Å². The number of nitrogens with zero attached hydrogens (tertiary/aromatic N) is 1. The minimum atomic E-state index is -4.06. The fourth-order valence-corrected chi connectivity index (χ4v) is 4.35. The number of hydrogen-bond acceptors (Lipinski definition) is 3. The number of quaternary nitrogens is 1.